The number of ether oxygens (including phenoxy) is 1. The zero-order valence-electron chi connectivity index (χ0n) is 16.0. The minimum absolute atomic E-state index is 0.167. The Morgan fingerprint density at radius 2 is 2.00 bits per heavy atom. The lowest BCUT2D eigenvalue weighted by Crippen LogP contribution is -2.47. The third kappa shape index (κ3) is 3.46. The maximum atomic E-state index is 6.09. The van der Waals surface area contributed by atoms with Gasteiger partial charge in [-0.25, -0.2) is 9.97 Å². The summed E-state index contributed by atoms with van der Waals surface area (Å²) in [5, 5.41) is 4.44. The predicted molar refractivity (Wildman–Crippen MR) is 103 cm³/mol. The average molecular weight is 368 g/mol. The van der Waals surface area contributed by atoms with Crippen LogP contribution in [0.3, 0.4) is 0 Å². The Labute approximate surface area is 160 Å². The van der Waals surface area contributed by atoms with Crippen molar-refractivity contribution in [3.63, 3.8) is 0 Å². The molecular formula is C20H28N6O. The Balaban J connectivity index is 1.22. The van der Waals surface area contributed by atoms with Gasteiger partial charge in [0.25, 0.3) is 0 Å². The van der Waals surface area contributed by atoms with Gasteiger partial charge < -0.3 is 14.5 Å². The molecule has 0 N–H and O–H groups in total. The molecule has 5 rings (SSSR count). The first kappa shape index (κ1) is 17.1. The molecule has 7 nitrogen and oxygen atoms in total. The smallest absolute Gasteiger partial charge is 0.132 e. The number of aryl methyl sites for hydroxylation is 1. The molecule has 7 heteroatoms. The second kappa shape index (κ2) is 7.20. The maximum absolute atomic E-state index is 6.09. The first-order valence-corrected chi connectivity index (χ1v) is 10.2. The van der Waals surface area contributed by atoms with Crippen molar-refractivity contribution in [1.29, 1.82) is 0 Å². The van der Waals surface area contributed by atoms with Crippen LogP contribution < -0.4 is 4.90 Å². The molecule has 2 aliphatic heterocycles. The van der Waals surface area contributed by atoms with Crippen LogP contribution in [0.25, 0.3) is 0 Å². The minimum atomic E-state index is 0.167. The molecule has 1 saturated carbocycles. The van der Waals surface area contributed by atoms with Crippen molar-refractivity contribution in [2.45, 2.75) is 50.3 Å². The molecule has 0 aromatic carbocycles. The second-order valence-corrected chi connectivity index (χ2v) is 8.02. The second-order valence-electron chi connectivity index (χ2n) is 8.02. The Bertz CT molecular complexity index is 766. The molecule has 0 spiro atoms. The summed E-state index contributed by atoms with van der Waals surface area (Å²) in [5.74, 6) is 1.10. The predicted octanol–water partition coefficient (Wildman–Crippen LogP) is 1.96. The van der Waals surface area contributed by atoms with E-state index in [9.17, 15) is 0 Å². The van der Waals surface area contributed by atoms with E-state index in [0.29, 0.717) is 12.1 Å². The standard InChI is InChI=1S/C20H28N6O/c1-24-18-7-11-27-19(17(18)12-23-24)13-25-9-5-16(6-10-25)26(15-2-3-15)20-4-8-21-14-22-20/h4,8,12,14-16,19H,2-3,5-7,9-11,13H2,1H3. The van der Waals surface area contributed by atoms with Crippen LogP contribution in [0.15, 0.2) is 24.8 Å². The number of hydrogen-bond acceptors (Lipinski definition) is 6. The van der Waals surface area contributed by atoms with Crippen molar-refractivity contribution in [3.05, 3.63) is 36.0 Å². The SMILES string of the molecule is Cn1ncc2c1CCOC2CN1CCC(N(c2ccncn2)C2CC2)CC1. The van der Waals surface area contributed by atoms with Crippen molar-refractivity contribution in [1.82, 2.24) is 24.6 Å². The van der Waals surface area contributed by atoms with Gasteiger partial charge in [-0.05, 0) is 31.7 Å². The van der Waals surface area contributed by atoms with E-state index in [1.54, 1.807) is 6.33 Å². The van der Waals surface area contributed by atoms with Gasteiger partial charge in [-0.15, -0.1) is 0 Å². The van der Waals surface area contributed by atoms with Gasteiger partial charge >= 0.3 is 0 Å². The van der Waals surface area contributed by atoms with Crippen molar-refractivity contribution < 1.29 is 4.74 Å². The fraction of sp³-hybridized carbons (Fsp3) is 0.650. The van der Waals surface area contributed by atoms with E-state index in [1.165, 1.54) is 36.9 Å². The molecule has 0 bridgehead atoms. The Morgan fingerprint density at radius 3 is 2.74 bits per heavy atom. The third-order valence-corrected chi connectivity index (χ3v) is 6.24. The van der Waals surface area contributed by atoms with Gasteiger partial charge in [0.15, 0.2) is 0 Å². The molecule has 2 fully saturated rings. The van der Waals surface area contributed by atoms with Crippen LogP contribution >= 0.6 is 0 Å². The van der Waals surface area contributed by atoms with E-state index in [0.717, 1.165) is 38.5 Å². The average Bonchev–Trinajstić information content (AvgIpc) is 3.47. The molecule has 4 heterocycles. The van der Waals surface area contributed by atoms with E-state index in [2.05, 4.69) is 30.9 Å². The molecule has 3 aliphatic rings. The molecular weight excluding hydrogens is 340 g/mol. The van der Waals surface area contributed by atoms with Crippen LogP contribution in [0.1, 0.15) is 43.0 Å². The van der Waals surface area contributed by atoms with E-state index in [1.807, 2.05) is 24.1 Å². The topological polar surface area (TPSA) is 59.3 Å². The molecule has 2 aromatic heterocycles. The van der Waals surface area contributed by atoms with E-state index in [4.69, 9.17) is 4.74 Å². The summed E-state index contributed by atoms with van der Waals surface area (Å²) in [7, 11) is 2.03. The van der Waals surface area contributed by atoms with Crippen molar-refractivity contribution in [3.8, 4) is 0 Å². The van der Waals surface area contributed by atoms with Crippen LogP contribution in [-0.4, -0.2) is 63.0 Å². The number of aromatic nitrogens is 4. The lowest BCUT2D eigenvalue weighted by atomic mass is 10.0. The summed E-state index contributed by atoms with van der Waals surface area (Å²) in [4.78, 5) is 13.7. The minimum Gasteiger partial charge on any atom is -0.372 e. The normalized spacial score (nSPS) is 24.0. The number of likely N-dealkylation sites (tertiary alicyclic amines) is 1. The molecule has 1 unspecified atom stereocenters. The molecule has 1 atom stereocenters. The van der Waals surface area contributed by atoms with Gasteiger partial charge in [-0.1, -0.05) is 0 Å². The molecule has 27 heavy (non-hydrogen) atoms. The summed E-state index contributed by atoms with van der Waals surface area (Å²) in [6, 6.07) is 3.32. The maximum Gasteiger partial charge on any atom is 0.132 e. The van der Waals surface area contributed by atoms with Crippen LogP contribution in [0.2, 0.25) is 0 Å². The van der Waals surface area contributed by atoms with Crippen LogP contribution in [0.4, 0.5) is 5.82 Å². The van der Waals surface area contributed by atoms with Crippen LogP contribution in [0.5, 0.6) is 0 Å². The molecule has 0 amide bonds. The van der Waals surface area contributed by atoms with Gasteiger partial charge in [0.05, 0.1) is 18.9 Å². The zero-order valence-corrected chi connectivity index (χ0v) is 16.0. The fourth-order valence-corrected chi connectivity index (χ4v) is 4.67. The number of anilines is 1. The van der Waals surface area contributed by atoms with Gasteiger partial charge in [0.1, 0.15) is 12.1 Å². The highest BCUT2D eigenvalue weighted by Crippen LogP contribution is 2.35. The Hall–Kier alpha value is -1.99. The molecule has 2 aromatic rings. The highest BCUT2D eigenvalue weighted by Gasteiger charge is 2.37. The largest absolute Gasteiger partial charge is 0.372 e. The molecule has 1 saturated heterocycles. The molecule has 144 valence electrons. The van der Waals surface area contributed by atoms with E-state index < -0.39 is 0 Å². The van der Waals surface area contributed by atoms with Crippen molar-refractivity contribution in [2.75, 3.05) is 31.1 Å². The van der Waals surface area contributed by atoms with Gasteiger partial charge in [0.2, 0.25) is 0 Å². The number of hydrogen-bond donors (Lipinski definition) is 0. The first-order valence-electron chi connectivity index (χ1n) is 10.2. The lowest BCUT2D eigenvalue weighted by Gasteiger charge is -2.40. The Kier molecular flexibility index (Phi) is 4.57. The number of fused-ring (bicyclic) bond motifs is 1. The van der Waals surface area contributed by atoms with Gasteiger partial charge in [0, 0.05) is 62.6 Å². The monoisotopic (exact) mass is 368 g/mol. The Morgan fingerprint density at radius 1 is 1.19 bits per heavy atom. The number of piperidine rings is 1. The summed E-state index contributed by atoms with van der Waals surface area (Å²) in [6.45, 7) is 4.02. The lowest BCUT2D eigenvalue weighted by molar-refractivity contribution is 0.00998. The summed E-state index contributed by atoms with van der Waals surface area (Å²) >= 11 is 0. The van der Waals surface area contributed by atoms with Gasteiger partial charge in [-0.3, -0.25) is 4.68 Å². The van der Waals surface area contributed by atoms with E-state index in [-0.39, 0.29) is 6.10 Å². The van der Waals surface area contributed by atoms with Gasteiger partial charge in [-0.2, -0.15) is 5.10 Å². The highest BCUT2D eigenvalue weighted by molar-refractivity contribution is 5.41. The third-order valence-electron chi connectivity index (χ3n) is 6.24. The van der Waals surface area contributed by atoms with Crippen molar-refractivity contribution >= 4 is 5.82 Å². The molecule has 1 aliphatic carbocycles. The zero-order chi connectivity index (χ0) is 18.2. The van der Waals surface area contributed by atoms with Crippen LogP contribution in [0, 0.1) is 0 Å². The van der Waals surface area contributed by atoms with Crippen molar-refractivity contribution in [2.24, 2.45) is 7.05 Å². The number of nitrogens with zero attached hydrogens (tertiary/aromatic N) is 6. The fourth-order valence-electron chi connectivity index (χ4n) is 4.67. The summed E-state index contributed by atoms with van der Waals surface area (Å²) in [6.07, 6.45) is 11.6. The quantitative estimate of drug-likeness (QED) is 0.804. The highest BCUT2D eigenvalue weighted by atomic mass is 16.5. The van der Waals surface area contributed by atoms with Crippen LogP contribution in [-0.2, 0) is 18.2 Å². The van der Waals surface area contributed by atoms with E-state index >= 15 is 0 Å². The number of rotatable bonds is 5. The summed E-state index contributed by atoms with van der Waals surface area (Å²) < 4.78 is 8.10. The summed E-state index contributed by atoms with van der Waals surface area (Å²) in [5.41, 5.74) is 2.62. The first-order chi connectivity index (χ1) is 13.3. The molecule has 0 radical (unpaired) electrons.